The van der Waals surface area contributed by atoms with Gasteiger partial charge >= 0.3 is 0 Å². The normalized spacial score (nSPS) is 49.4. The van der Waals surface area contributed by atoms with Crippen LogP contribution in [0.3, 0.4) is 0 Å². The van der Waals surface area contributed by atoms with E-state index in [0.717, 1.165) is 0 Å². The molecule has 3 aliphatic heterocycles. The lowest BCUT2D eigenvalue weighted by atomic mass is 9.74. The Labute approximate surface area is 226 Å². The number of nitrogens with two attached hydrogens (primary N) is 3. The third-order valence-electron chi connectivity index (χ3n) is 8.20. The Kier molecular flexibility index (Phi) is 11.4. The third kappa shape index (κ3) is 6.12. The quantitative estimate of drug-likeness (QED) is 0.116. The zero-order chi connectivity index (χ0) is 29.2. The van der Waals surface area contributed by atoms with Gasteiger partial charge in [0.15, 0.2) is 18.9 Å². The van der Waals surface area contributed by atoms with Gasteiger partial charge in [0.25, 0.3) is 0 Å². The summed E-state index contributed by atoms with van der Waals surface area (Å²) in [6.07, 6.45) is -14.8. The van der Waals surface area contributed by atoms with Gasteiger partial charge in [0.05, 0.1) is 37.9 Å². The minimum atomic E-state index is -1.62. The topological polar surface area (TPSA) is 286 Å². The fourth-order valence-corrected chi connectivity index (χ4v) is 5.68. The molecular weight excluding hydrogens is 526 g/mol. The first kappa shape index (κ1) is 32.9. The van der Waals surface area contributed by atoms with Crippen LogP contribution in [0.5, 0.6) is 0 Å². The minimum absolute atomic E-state index is 0.388. The molecule has 0 amide bonds. The summed E-state index contributed by atoms with van der Waals surface area (Å²) in [5, 5.41) is 82.8. The number of hydrogen-bond donors (Lipinski definition) is 11. The summed E-state index contributed by atoms with van der Waals surface area (Å²) in [6, 6.07) is -3.93. The van der Waals surface area contributed by atoms with Crippen LogP contribution in [-0.4, -0.2) is 152 Å². The molecule has 230 valence electrons. The Morgan fingerprint density at radius 3 is 1.72 bits per heavy atom. The van der Waals surface area contributed by atoms with Crippen molar-refractivity contribution in [2.24, 2.45) is 23.1 Å². The minimum Gasteiger partial charge on any atom is -0.394 e. The Morgan fingerprint density at radius 2 is 1.21 bits per heavy atom. The van der Waals surface area contributed by atoms with Gasteiger partial charge in [-0.15, -0.1) is 0 Å². The van der Waals surface area contributed by atoms with Gasteiger partial charge in [-0.1, -0.05) is 26.7 Å². The summed E-state index contributed by atoms with van der Waals surface area (Å²) in [5.74, 6) is -0.388. The fraction of sp³-hybridized carbons (Fsp3) is 1.00. The van der Waals surface area contributed by atoms with Gasteiger partial charge in [-0.05, 0) is 5.92 Å². The van der Waals surface area contributed by atoms with E-state index in [0.29, 0.717) is 12.8 Å². The lowest BCUT2D eigenvalue weighted by Gasteiger charge is -2.53. The molecule has 14 N–H and O–H groups in total. The van der Waals surface area contributed by atoms with Gasteiger partial charge in [-0.3, -0.25) is 0 Å². The van der Waals surface area contributed by atoms with Crippen LogP contribution in [0.1, 0.15) is 26.7 Å². The Hall–Kier alpha value is -0.640. The van der Waals surface area contributed by atoms with E-state index in [2.05, 4.69) is 0 Å². The fourth-order valence-electron chi connectivity index (χ4n) is 5.68. The third-order valence-corrected chi connectivity index (χ3v) is 8.20. The molecule has 0 radical (unpaired) electrons. The van der Waals surface area contributed by atoms with Gasteiger partial charge in [0.1, 0.15) is 54.4 Å². The predicted octanol–water partition coefficient (Wildman–Crippen LogP) is -5.87. The lowest BCUT2D eigenvalue weighted by molar-refractivity contribution is -0.366. The second-order valence-corrected chi connectivity index (χ2v) is 10.4. The molecule has 0 aromatic carbocycles. The van der Waals surface area contributed by atoms with E-state index in [-0.39, 0.29) is 5.92 Å². The molecule has 16 heteroatoms. The maximum atomic E-state index is 11.1. The molecule has 16 nitrogen and oxygen atoms in total. The van der Waals surface area contributed by atoms with Crippen molar-refractivity contribution in [1.29, 1.82) is 0 Å². The Morgan fingerprint density at radius 1 is 0.718 bits per heavy atom. The monoisotopic (exact) mass is 571 g/mol. The molecule has 0 bridgehead atoms. The van der Waals surface area contributed by atoms with Crippen molar-refractivity contribution in [1.82, 2.24) is 0 Å². The first-order valence-corrected chi connectivity index (χ1v) is 13.2. The first-order valence-electron chi connectivity index (χ1n) is 13.2. The van der Waals surface area contributed by atoms with Crippen molar-refractivity contribution < 1.29 is 64.5 Å². The van der Waals surface area contributed by atoms with E-state index in [1.165, 1.54) is 0 Å². The summed E-state index contributed by atoms with van der Waals surface area (Å²) < 4.78 is 28.6. The average Bonchev–Trinajstić information content (AvgIpc) is 2.93. The summed E-state index contributed by atoms with van der Waals surface area (Å²) in [4.78, 5) is 0. The summed E-state index contributed by atoms with van der Waals surface area (Å²) >= 11 is 0. The van der Waals surface area contributed by atoms with Crippen LogP contribution in [0.2, 0.25) is 0 Å². The highest BCUT2D eigenvalue weighted by atomic mass is 16.7. The van der Waals surface area contributed by atoms with Gasteiger partial charge in [0.2, 0.25) is 0 Å². The molecule has 0 saturated carbocycles. The van der Waals surface area contributed by atoms with Crippen LogP contribution in [0.4, 0.5) is 0 Å². The van der Waals surface area contributed by atoms with Crippen molar-refractivity contribution in [2.45, 2.75) is 118 Å². The molecule has 3 rings (SSSR count). The van der Waals surface area contributed by atoms with Gasteiger partial charge in [-0.25, -0.2) is 0 Å². The zero-order valence-corrected chi connectivity index (χ0v) is 22.0. The highest BCUT2D eigenvalue weighted by Gasteiger charge is 2.58. The molecule has 15 atom stereocenters. The highest BCUT2D eigenvalue weighted by molar-refractivity contribution is 5.05. The van der Waals surface area contributed by atoms with Crippen molar-refractivity contribution in [3.05, 3.63) is 0 Å². The van der Waals surface area contributed by atoms with Gasteiger partial charge in [-0.2, -0.15) is 0 Å². The van der Waals surface area contributed by atoms with Crippen LogP contribution in [0.15, 0.2) is 0 Å². The molecule has 3 aliphatic rings. The molecule has 0 aliphatic carbocycles. The molecule has 0 aromatic rings. The predicted molar refractivity (Wildman–Crippen MR) is 130 cm³/mol. The molecule has 0 aromatic heterocycles. The van der Waals surface area contributed by atoms with Crippen molar-refractivity contribution in [3.8, 4) is 0 Å². The lowest BCUT2D eigenvalue weighted by Crippen LogP contribution is -2.72. The molecular formula is C23H45N3O13. The summed E-state index contributed by atoms with van der Waals surface area (Å²) in [5.41, 5.74) is 16.4. The van der Waals surface area contributed by atoms with E-state index in [1.807, 2.05) is 13.8 Å². The smallest absolute Gasteiger partial charge is 0.176 e. The van der Waals surface area contributed by atoms with Crippen molar-refractivity contribution >= 4 is 0 Å². The molecule has 2 unspecified atom stereocenters. The summed E-state index contributed by atoms with van der Waals surface area (Å²) in [6.45, 7) is 1.66. The number of aliphatic hydroxyl groups is 8. The van der Waals surface area contributed by atoms with Crippen LogP contribution in [0.25, 0.3) is 0 Å². The molecule has 39 heavy (non-hydrogen) atoms. The molecule has 3 saturated heterocycles. The van der Waals surface area contributed by atoms with Crippen LogP contribution >= 0.6 is 0 Å². The van der Waals surface area contributed by atoms with Crippen LogP contribution in [0, 0.1) is 5.92 Å². The Balaban J connectivity index is 1.80. The standard InChI is InChI=1S/C23H45N3O13/c1-3-8(4-2)23(7-29)19(33)16(32)13(26)22(39-23)38-18-10(6-28)36-21(12(25)15(18)31)37-17-9(5-27)35-20(34)11(24)14(17)30/h8-22,27-34H,3-7,24-26H2,1-2H3/t9-,10-,11-,12-,13-,14-,15-,16-,17?,18?,19+,20-,21+,22+,23+/m1/s1. The van der Waals surface area contributed by atoms with E-state index in [9.17, 15) is 40.9 Å². The molecule has 3 fully saturated rings. The highest BCUT2D eigenvalue weighted by Crippen LogP contribution is 2.40. The zero-order valence-electron chi connectivity index (χ0n) is 22.0. The van der Waals surface area contributed by atoms with E-state index in [4.69, 9.17) is 40.9 Å². The van der Waals surface area contributed by atoms with Crippen molar-refractivity contribution in [3.63, 3.8) is 0 Å². The Bertz CT molecular complexity index is 765. The van der Waals surface area contributed by atoms with E-state index >= 15 is 0 Å². The largest absolute Gasteiger partial charge is 0.394 e. The van der Waals surface area contributed by atoms with E-state index < -0.39 is 111 Å². The number of aliphatic hydroxyl groups excluding tert-OH is 8. The van der Waals surface area contributed by atoms with Crippen LogP contribution in [-0.2, 0) is 23.7 Å². The molecule has 3 heterocycles. The maximum Gasteiger partial charge on any atom is 0.176 e. The number of ether oxygens (including phenoxy) is 5. The summed E-state index contributed by atoms with van der Waals surface area (Å²) in [7, 11) is 0. The van der Waals surface area contributed by atoms with E-state index in [1.54, 1.807) is 0 Å². The van der Waals surface area contributed by atoms with Gasteiger partial charge < -0.3 is 81.7 Å². The SMILES string of the molecule is CCC(CC)[C@]1(CO)O[C@H](OC2[C@@H](CO)O[C@@H](OC3[C@@H](CO)O[C@@H](O)[C@H](N)[C@H]3O)[C@H](N)[C@H]2O)[C@H](N)[C@@H](O)[C@@H]1O. The number of rotatable bonds is 10. The number of hydrogen-bond acceptors (Lipinski definition) is 16. The first-order chi connectivity index (χ1) is 18.4. The van der Waals surface area contributed by atoms with Crippen molar-refractivity contribution in [2.75, 3.05) is 19.8 Å². The second-order valence-electron chi connectivity index (χ2n) is 10.4. The second kappa shape index (κ2) is 13.6. The molecule has 0 spiro atoms. The van der Waals surface area contributed by atoms with Gasteiger partial charge in [0, 0.05) is 0 Å². The average molecular weight is 572 g/mol. The van der Waals surface area contributed by atoms with Crippen LogP contribution < -0.4 is 17.2 Å². The maximum absolute atomic E-state index is 11.1.